The molecule has 150 valence electrons. The predicted molar refractivity (Wildman–Crippen MR) is 95.4 cm³/mol. The molecule has 3 aromatic heterocycles. The summed E-state index contributed by atoms with van der Waals surface area (Å²) in [7, 11) is -0.401. The van der Waals surface area contributed by atoms with Crippen LogP contribution < -0.4 is 0 Å². The Kier molecular flexibility index (Phi) is 4.07. The molecule has 0 N–H and O–H groups in total. The van der Waals surface area contributed by atoms with Crippen LogP contribution in [0.3, 0.4) is 0 Å². The van der Waals surface area contributed by atoms with Gasteiger partial charge < -0.3 is 9.13 Å². The van der Waals surface area contributed by atoms with Crippen molar-refractivity contribution in [2.24, 2.45) is 14.1 Å². The molecule has 0 aliphatic heterocycles. The summed E-state index contributed by atoms with van der Waals surface area (Å²) in [6.07, 6.45) is -1.95. The number of pyridine rings is 1. The van der Waals surface area contributed by atoms with Crippen LogP contribution in [0.2, 0.25) is 0 Å². The van der Waals surface area contributed by atoms with Crippen molar-refractivity contribution >= 4 is 21.0 Å². The quantitative estimate of drug-likeness (QED) is 0.657. The summed E-state index contributed by atoms with van der Waals surface area (Å²) in [5.74, 6) is 0.896. The summed E-state index contributed by atoms with van der Waals surface area (Å²) in [6.45, 7) is 1.54. The number of rotatable bonds is 4. The maximum absolute atomic E-state index is 13.0. The molecule has 0 saturated heterocycles. The summed E-state index contributed by atoms with van der Waals surface area (Å²) in [5, 5.41) is 0.0337. The molecular formula is C17H18F3N5O2S. The molecule has 3 aromatic rings. The van der Waals surface area contributed by atoms with Crippen molar-refractivity contribution in [3.05, 3.63) is 23.7 Å². The summed E-state index contributed by atoms with van der Waals surface area (Å²) in [5.41, 5.74) is -0.502. The first-order valence-corrected chi connectivity index (χ1v) is 10.4. The van der Waals surface area contributed by atoms with Gasteiger partial charge in [0, 0.05) is 26.2 Å². The first-order chi connectivity index (χ1) is 13.0. The maximum Gasteiger partial charge on any atom is 0.417 e. The predicted octanol–water partition coefficient (Wildman–Crippen LogP) is 3.06. The molecule has 0 atom stereocenters. The molecule has 0 amide bonds. The Bertz CT molecular complexity index is 1190. The molecule has 1 saturated carbocycles. The number of alkyl halides is 3. The van der Waals surface area contributed by atoms with Crippen molar-refractivity contribution in [2.45, 2.75) is 36.9 Å². The molecule has 7 nitrogen and oxygen atoms in total. The molecular weight excluding hydrogens is 395 g/mol. The van der Waals surface area contributed by atoms with E-state index < -0.39 is 21.6 Å². The number of aromatic nitrogens is 5. The molecule has 28 heavy (non-hydrogen) atoms. The lowest BCUT2D eigenvalue weighted by atomic mass is 10.2. The van der Waals surface area contributed by atoms with Crippen LogP contribution >= 0.6 is 0 Å². The van der Waals surface area contributed by atoms with Gasteiger partial charge in [-0.3, -0.25) is 0 Å². The Balaban J connectivity index is 1.97. The minimum Gasteiger partial charge on any atom is -0.321 e. The minimum absolute atomic E-state index is 0.0331. The van der Waals surface area contributed by atoms with Crippen LogP contribution in [-0.2, 0) is 30.1 Å². The largest absolute Gasteiger partial charge is 0.417 e. The van der Waals surface area contributed by atoms with Crippen LogP contribution in [0, 0.1) is 0 Å². The molecule has 0 unspecified atom stereocenters. The van der Waals surface area contributed by atoms with E-state index in [1.165, 1.54) is 11.5 Å². The third kappa shape index (κ3) is 2.88. The van der Waals surface area contributed by atoms with E-state index in [2.05, 4.69) is 15.0 Å². The molecule has 4 rings (SSSR count). The summed E-state index contributed by atoms with van der Waals surface area (Å²) < 4.78 is 67.5. The van der Waals surface area contributed by atoms with Gasteiger partial charge in [0.05, 0.1) is 11.3 Å². The third-order valence-electron chi connectivity index (χ3n) is 4.94. The fourth-order valence-corrected chi connectivity index (χ4v) is 4.50. The Morgan fingerprint density at radius 1 is 1.18 bits per heavy atom. The van der Waals surface area contributed by atoms with Gasteiger partial charge in [-0.1, -0.05) is 6.92 Å². The van der Waals surface area contributed by atoms with Gasteiger partial charge in [0.15, 0.2) is 26.3 Å². The second-order valence-corrected chi connectivity index (χ2v) is 9.11. The van der Waals surface area contributed by atoms with Crippen molar-refractivity contribution in [1.82, 2.24) is 24.1 Å². The van der Waals surface area contributed by atoms with E-state index >= 15 is 0 Å². The van der Waals surface area contributed by atoms with Gasteiger partial charge in [0.2, 0.25) is 0 Å². The van der Waals surface area contributed by atoms with Crippen molar-refractivity contribution in [1.29, 1.82) is 0 Å². The Labute approximate surface area is 159 Å². The Morgan fingerprint density at radius 2 is 1.86 bits per heavy atom. The van der Waals surface area contributed by atoms with E-state index in [1.54, 1.807) is 18.7 Å². The average molecular weight is 413 g/mol. The van der Waals surface area contributed by atoms with E-state index in [1.807, 2.05) is 0 Å². The SMILES string of the molecule is CCS(=O)(=O)c1c(-c2nc3cc(C(F)(F)F)cnc3n2C)nc(C2CC2)n1C. The standard InChI is InChI=1S/C17H18F3N5O2S/c1-4-28(26,27)16-12(23-13(25(16)3)9-5-6-9)15-22-11-7-10(17(18,19)20)8-21-14(11)24(15)2/h7-9H,4-6H2,1-3H3. The average Bonchev–Trinajstić information content (AvgIpc) is 3.33. The van der Waals surface area contributed by atoms with Crippen LogP contribution in [0.4, 0.5) is 13.2 Å². The van der Waals surface area contributed by atoms with Crippen LogP contribution in [0.15, 0.2) is 17.3 Å². The zero-order valence-electron chi connectivity index (χ0n) is 15.4. The van der Waals surface area contributed by atoms with E-state index in [4.69, 9.17) is 0 Å². The Hall–Kier alpha value is -2.43. The lowest BCUT2D eigenvalue weighted by Crippen LogP contribution is -2.12. The molecule has 0 radical (unpaired) electrons. The normalized spacial score (nSPS) is 15.5. The van der Waals surface area contributed by atoms with Crippen molar-refractivity contribution < 1.29 is 21.6 Å². The van der Waals surface area contributed by atoms with Crippen LogP contribution in [0.25, 0.3) is 22.7 Å². The van der Waals surface area contributed by atoms with Crippen LogP contribution in [-0.4, -0.2) is 38.3 Å². The molecule has 1 fully saturated rings. The first kappa shape index (κ1) is 18.9. The third-order valence-corrected chi connectivity index (χ3v) is 6.76. The molecule has 1 aliphatic rings. The van der Waals surface area contributed by atoms with Crippen LogP contribution in [0.1, 0.15) is 37.1 Å². The monoisotopic (exact) mass is 413 g/mol. The highest BCUT2D eigenvalue weighted by Crippen LogP contribution is 2.42. The van der Waals surface area contributed by atoms with Gasteiger partial charge in [-0.15, -0.1) is 0 Å². The van der Waals surface area contributed by atoms with E-state index in [0.29, 0.717) is 5.82 Å². The maximum atomic E-state index is 13.0. The summed E-state index contributed by atoms with van der Waals surface area (Å²) >= 11 is 0. The number of aryl methyl sites for hydroxylation is 1. The zero-order chi connectivity index (χ0) is 20.4. The number of imidazole rings is 2. The number of nitrogens with zero attached hydrogens (tertiary/aromatic N) is 5. The Morgan fingerprint density at radius 3 is 2.43 bits per heavy atom. The van der Waals surface area contributed by atoms with Gasteiger partial charge in [0.1, 0.15) is 17.0 Å². The summed E-state index contributed by atoms with van der Waals surface area (Å²) in [6, 6.07) is 0.907. The molecule has 0 spiro atoms. The molecule has 0 aromatic carbocycles. The number of halogens is 3. The van der Waals surface area contributed by atoms with Crippen molar-refractivity contribution in [3.8, 4) is 11.5 Å². The molecule has 1 aliphatic carbocycles. The second-order valence-electron chi connectivity index (χ2n) is 6.92. The van der Waals surface area contributed by atoms with Crippen molar-refractivity contribution in [2.75, 3.05) is 5.75 Å². The van der Waals surface area contributed by atoms with Gasteiger partial charge in [0.25, 0.3) is 0 Å². The highest BCUT2D eigenvalue weighted by Gasteiger charge is 2.36. The lowest BCUT2D eigenvalue weighted by molar-refractivity contribution is -0.137. The zero-order valence-corrected chi connectivity index (χ0v) is 16.3. The van der Waals surface area contributed by atoms with E-state index in [9.17, 15) is 21.6 Å². The first-order valence-electron chi connectivity index (χ1n) is 8.74. The second kappa shape index (κ2) is 6.03. The van der Waals surface area contributed by atoms with Gasteiger partial charge in [-0.25, -0.2) is 23.4 Å². The minimum atomic E-state index is -4.54. The van der Waals surface area contributed by atoms with Gasteiger partial charge >= 0.3 is 6.18 Å². The van der Waals surface area contributed by atoms with E-state index in [0.717, 1.165) is 25.1 Å². The fraction of sp³-hybridized carbons (Fsp3) is 0.471. The van der Waals surface area contributed by atoms with Gasteiger partial charge in [-0.05, 0) is 18.9 Å². The number of hydrogen-bond acceptors (Lipinski definition) is 5. The highest BCUT2D eigenvalue weighted by molar-refractivity contribution is 7.91. The van der Waals surface area contributed by atoms with Crippen molar-refractivity contribution in [3.63, 3.8) is 0 Å². The van der Waals surface area contributed by atoms with Crippen LogP contribution in [0.5, 0.6) is 0 Å². The summed E-state index contributed by atoms with van der Waals surface area (Å²) in [4.78, 5) is 12.7. The molecule has 11 heteroatoms. The van der Waals surface area contributed by atoms with E-state index in [-0.39, 0.29) is 39.4 Å². The smallest absolute Gasteiger partial charge is 0.321 e. The lowest BCUT2D eigenvalue weighted by Gasteiger charge is -2.07. The fourth-order valence-electron chi connectivity index (χ4n) is 3.29. The number of sulfone groups is 1. The topological polar surface area (TPSA) is 82.7 Å². The molecule has 3 heterocycles. The number of hydrogen-bond donors (Lipinski definition) is 0. The molecule has 0 bridgehead atoms. The van der Waals surface area contributed by atoms with Gasteiger partial charge in [-0.2, -0.15) is 13.2 Å². The number of fused-ring (bicyclic) bond motifs is 1. The highest BCUT2D eigenvalue weighted by atomic mass is 32.2.